The van der Waals surface area contributed by atoms with Gasteiger partial charge in [-0.05, 0) is 36.2 Å². The van der Waals surface area contributed by atoms with Crippen molar-refractivity contribution in [1.29, 1.82) is 0 Å². The van der Waals surface area contributed by atoms with Crippen LogP contribution in [0.1, 0.15) is 15.9 Å². The molecule has 1 aliphatic heterocycles. The lowest BCUT2D eigenvalue weighted by Crippen LogP contribution is -2.53. The molecule has 0 fully saturated rings. The Bertz CT molecular complexity index is 749. The molecule has 0 aliphatic carbocycles. The number of nitrogens with one attached hydrogen (secondary N) is 3. The predicted octanol–water partition coefficient (Wildman–Crippen LogP) is 1.99. The molecule has 0 spiro atoms. The van der Waals surface area contributed by atoms with Crippen LogP contribution < -0.4 is 16.3 Å². The van der Waals surface area contributed by atoms with Gasteiger partial charge < -0.3 is 10.7 Å². The number of amides is 2. The van der Waals surface area contributed by atoms with Crippen LogP contribution in [0, 0.1) is 0 Å². The Kier molecular flexibility index (Phi) is 4.98. The Morgan fingerprint density at radius 2 is 1.88 bits per heavy atom. The summed E-state index contributed by atoms with van der Waals surface area (Å²) in [5.74, 6) is -0.469. The second-order valence-corrected chi connectivity index (χ2v) is 5.84. The minimum absolute atomic E-state index is 0.0687. The maximum absolute atomic E-state index is 12.3. The number of halogens is 1. The molecular weight excluding hydrogens is 328 g/mol. The first kappa shape index (κ1) is 16.3. The van der Waals surface area contributed by atoms with E-state index in [1.54, 1.807) is 18.2 Å². The van der Waals surface area contributed by atoms with Gasteiger partial charge in [-0.25, -0.2) is 5.01 Å². The van der Waals surface area contributed by atoms with Crippen molar-refractivity contribution < 1.29 is 9.59 Å². The van der Waals surface area contributed by atoms with Gasteiger partial charge in [0.2, 0.25) is 5.91 Å². The minimum Gasteiger partial charge on any atom is -0.354 e. The molecule has 24 heavy (non-hydrogen) atoms. The standard InChI is InChI=1S/C17H17ClN4O2/c18-13-7-5-12(6-8-13)9-10-19-16(23)11-22-17(24)14-3-1-2-4-15(14)20-21-22/h1-8,20-21H,9-11H2,(H,19,23). The van der Waals surface area contributed by atoms with E-state index in [1.807, 2.05) is 30.3 Å². The normalized spacial score (nSPS) is 13.2. The fourth-order valence-corrected chi connectivity index (χ4v) is 2.54. The third-order valence-electron chi connectivity index (χ3n) is 3.68. The molecule has 0 aromatic heterocycles. The van der Waals surface area contributed by atoms with E-state index < -0.39 is 0 Å². The average Bonchev–Trinajstić information content (AvgIpc) is 2.59. The van der Waals surface area contributed by atoms with Gasteiger partial charge in [0.25, 0.3) is 5.91 Å². The molecule has 0 radical (unpaired) electrons. The van der Waals surface area contributed by atoms with Crippen molar-refractivity contribution in [3.63, 3.8) is 0 Å². The summed E-state index contributed by atoms with van der Waals surface area (Å²) in [5, 5.41) is 4.74. The minimum atomic E-state index is -0.239. The van der Waals surface area contributed by atoms with E-state index in [-0.39, 0.29) is 18.4 Å². The Labute approximate surface area is 144 Å². The lowest BCUT2D eigenvalue weighted by Gasteiger charge is -2.29. The fourth-order valence-electron chi connectivity index (χ4n) is 2.41. The second kappa shape index (κ2) is 7.33. The third kappa shape index (κ3) is 3.84. The molecule has 1 heterocycles. The van der Waals surface area contributed by atoms with Crippen LogP contribution in [-0.2, 0) is 11.2 Å². The quantitative estimate of drug-likeness (QED) is 0.775. The number of benzene rings is 2. The fraction of sp³-hybridized carbons (Fsp3) is 0.176. The van der Waals surface area contributed by atoms with Crippen molar-refractivity contribution in [2.45, 2.75) is 6.42 Å². The Morgan fingerprint density at radius 3 is 2.67 bits per heavy atom. The van der Waals surface area contributed by atoms with Crippen LogP contribution >= 0.6 is 11.6 Å². The first-order valence-corrected chi connectivity index (χ1v) is 7.95. The number of hydrazine groups is 2. The summed E-state index contributed by atoms with van der Waals surface area (Å²) in [5.41, 5.74) is 7.94. The maximum Gasteiger partial charge on any atom is 0.272 e. The SMILES string of the molecule is O=C(CN1NNc2ccccc2C1=O)NCCc1ccc(Cl)cc1. The van der Waals surface area contributed by atoms with E-state index in [0.717, 1.165) is 5.56 Å². The third-order valence-corrected chi connectivity index (χ3v) is 3.93. The molecule has 0 unspecified atom stereocenters. The summed E-state index contributed by atoms with van der Waals surface area (Å²) in [6, 6.07) is 14.6. The number of hydrogen-bond acceptors (Lipinski definition) is 4. The summed E-state index contributed by atoms with van der Waals surface area (Å²) >= 11 is 5.83. The number of carbonyl (C=O) groups excluding carboxylic acids is 2. The van der Waals surface area contributed by atoms with E-state index in [9.17, 15) is 9.59 Å². The van der Waals surface area contributed by atoms with Crippen molar-refractivity contribution in [3.8, 4) is 0 Å². The highest BCUT2D eigenvalue weighted by Gasteiger charge is 2.25. The van der Waals surface area contributed by atoms with Gasteiger partial charge in [-0.2, -0.15) is 0 Å². The molecular formula is C17H17ClN4O2. The van der Waals surface area contributed by atoms with Crippen molar-refractivity contribution in [3.05, 3.63) is 64.7 Å². The summed E-state index contributed by atoms with van der Waals surface area (Å²) in [4.78, 5) is 24.3. The molecule has 3 rings (SSSR count). The lowest BCUT2D eigenvalue weighted by atomic mass is 10.1. The van der Waals surface area contributed by atoms with Crippen molar-refractivity contribution in [1.82, 2.24) is 15.9 Å². The van der Waals surface area contributed by atoms with E-state index >= 15 is 0 Å². The number of anilines is 1. The molecule has 7 heteroatoms. The van der Waals surface area contributed by atoms with Gasteiger partial charge in [0, 0.05) is 11.6 Å². The Hall–Kier alpha value is -2.57. The second-order valence-electron chi connectivity index (χ2n) is 5.40. The molecule has 2 aromatic carbocycles. The van der Waals surface area contributed by atoms with Gasteiger partial charge in [-0.15, -0.1) is 5.53 Å². The number of carbonyl (C=O) groups is 2. The molecule has 2 amide bonds. The number of para-hydroxylation sites is 1. The van der Waals surface area contributed by atoms with E-state index in [1.165, 1.54) is 5.01 Å². The number of rotatable bonds is 5. The van der Waals surface area contributed by atoms with Crippen LogP contribution in [0.15, 0.2) is 48.5 Å². The molecule has 6 nitrogen and oxygen atoms in total. The van der Waals surface area contributed by atoms with E-state index in [2.05, 4.69) is 16.3 Å². The van der Waals surface area contributed by atoms with Crippen LogP contribution in [0.25, 0.3) is 0 Å². The monoisotopic (exact) mass is 344 g/mol. The highest BCUT2D eigenvalue weighted by Crippen LogP contribution is 2.19. The van der Waals surface area contributed by atoms with Gasteiger partial charge in [0.1, 0.15) is 6.54 Å². The Morgan fingerprint density at radius 1 is 1.12 bits per heavy atom. The zero-order valence-electron chi connectivity index (χ0n) is 12.9. The molecule has 0 saturated heterocycles. The first-order chi connectivity index (χ1) is 11.6. The first-order valence-electron chi connectivity index (χ1n) is 7.57. The number of hydrogen-bond donors (Lipinski definition) is 3. The van der Waals surface area contributed by atoms with Gasteiger partial charge in [0.05, 0.1) is 11.3 Å². The van der Waals surface area contributed by atoms with E-state index in [4.69, 9.17) is 11.6 Å². The van der Waals surface area contributed by atoms with Gasteiger partial charge in [-0.3, -0.25) is 9.59 Å². The largest absolute Gasteiger partial charge is 0.354 e. The summed E-state index contributed by atoms with van der Waals surface area (Å²) in [6.07, 6.45) is 0.700. The maximum atomic E-state index is 12.3. The van der Waals surface area contributed by atoms with Crippen molar-refractivity contribution >= 4 is 29.1 Å². The molecule has 3 N–H and O–H groups in total. The van der Waals surface area contributed by atoms with Gasteiger partial charge >= 0.3 is 0 Å². The molecule has 2 aromatic rings. The predicted molar refractivity (Wildman–Crippen MR) is 92.4 cm³/mol. The van der Waals surface area contributed by atoms with Crippen molar-refractivity contribution in [2.75, 3.05) is 18.5 Å². The summed E-state index contributed by atoms with van der Waals surface area (Å²) in [7, 11) is 0. The molecule has 0 saturated carbocycles. The lowest BCUT2D eigenvalue weighted by molar-refractivity contribution is -0.122. The smallest absolute Gasteiger partial charge is 0.272 e. The summed E-state index contributed by atoms with van der Waals surface area (Å²) < 4.78 is 0. The van der Waals surface area contributed by atoms with Crippen LogP contribution in [0.4, 0.5) is 5.69 Å². The Balaban J connectivity index is 1.49. The topological polar surface area (TPSA) is 73.5 Å². The van der Waals surface area contributed by atoms with Crippen LogP contribution in [0.5, 0.6) is 0 Å². The van der Waals surface area contributed by atoms with Gasteiger partial charge in [0.15, 0.2) is 0 Å². The number of nitrogens with zero attached hydrogens (tertiary/aromatic N) is 1. The molecule has 0 bridgehead atoms. The van der Waals surface area contributed by atoms with Gasteiger partial charge in [-0.1, -0.05) is 35.9 Å². The van der Waals surface area contributed by atoms with Crippen molar-refractivity contribution in [2.24, 2.45) is 0 Å². The zero-order chi connectivity index (χ0) is 16.9. The average molecular weight is 345 g/mol. The molecule has 1 aliphatic rings. The number of fused-ring (bicyclic) bond motifs is 1. The van der Waals surface area contributed by atoms with Crippen LogP contribution in [-0.4, -0.2) is 29.9 Å². The van der Waals surface area contributed by atoms with Crippen LogP contribution in [0.3, 0.4) is 0 Å². The van der Waals surface area contributed by atoms with E-state index in [0.29, 0.717) is 29.2 Å². The summed E-state index contributed by atoms with van der Waals surface area (Å²) in [6.45, 7) is 0.424. The molecule has 0 atom stereocenters. The molecule has 124 valence electrons. The van der Waals surface area contributed by atoms with Crippen LogP contribution in [0.2, 0.25) is 5.02 Å². The zero-order valence-corrected chi connectivity index (χ0v) is 13.6. The highest BCUT2D eigenvalue weighted by molar-refractivity contribution is 6.30. The highest BCUT2D eigenvalue weighted by atomic mass is 35.5.